The Labute approximate surface area is 117 Å². The lowest BCUT2D eigenvalue weighted by Gasteiger charge is -2.38. The molecule has 1 aliphatic rings. The van der Waals surface area contributed by atoms with Crippen molar-refractivity contribution in [3.8, 4) is 0 Å². The molecule has 6 nitrogen and oxygen atoms in total. The Kier molecular flexibility index (Phi) is 4.22. The van der Waals surface area contributed by atoms with Crippen LogP contribution in [0.5, 0.6) is 0 Å². The maximum Gasteiger partial charge on any atom is 0.405 e. The fourth-order valence-electron chi connectivity index (χ4n) is 3.14. The van der Waals surface area contributed by atoms with Crippen molar-refractivity contribution < 1.29 is 14.8 Å². The summed E-state index contributed by atoms with van der Waals surface area (Å²) in [6.07, 6.45) is 2.39. The van der Waals surface area contributed by atoms with E-state index >= 15 is 0 Å². The highest BCUT2D eigenvalue weighted by molar-refractivity contribution is 5.66. The molecular formula is C14H18N2O4. The van der Waals surface area contributed by atoms with Gasteiger partial charge in [0, 0.05) is 10.5 Å². The molecule has 0 saturated heterocycles. The third kappa shape index (κ3) is 2.89. The van der Waals surface area contributed by atoms with Gasteiger partial charge in [-0.1, -0.05) is 49.6 Å². The zero-order chi connectivity index (χ0) is 14.6. The standard InChI is InChI=1S/C14H18N2O4/c17-13(18)15-14(9-5-2-6-10-14)12(16(19)20)11-7-3-1-4-8-11/h1,3-4,7-8,12,15H,2,5-6,9-10H2,(H,17,18). The lowest BCUT2D eigenvalue weighted by molar-refractivity contribution is -0.543. The molecule has 1 aromatic rings. The van der Waals surface area contributed by atoms with Gasteiger partial charge in [-0.05, 0) is 12.8 Å². The van der Waals surface area contributed by atoms with Crippen LogP contribution in [0.15, 0.2) is 30.3 Å². The number of hydrogen-bond donors (Lipinski definition) is 2. The maximum absolute atomic E-state index is 11.6. The molecule has 1 aromatic carbocycles. The number of carbonyl (C=O) groups is 1. The Morgan fingerprint density at radius 1 is 1.25 bits per heavy atom. The molecule has 1 unspecified atom stereocenters. The van der Waals surface area contributed by atoms with Crippen LogP contribution >= 0.6 is 0 Å². The average Bonchev–Trinajstić information content (AvgIpc) is 2.39. The summed E-state index contributed by atoms with van der Waals surface area (Å²) in [5, 5.41) is 23.1. The van der Waals surface area contributed by atoms with E-state index in [1.807, 2.05) is 0 Å². The van der Waals surface area contributed by atoms with E-state index in [4.69, 9.17) is 5.11 Å². The summed E-state index contributed by atoms with van der Waals surface area (Å²) in [6, 6.07) is 7.60. The zero-order valence-corrected chi connectivity index (χ0v) is 11.1. The second-order valence-electron chi connectivity index (χ2n) is 5.25. The van der Waals surface area contributed by atoms with Gasteiger partial charge in [0.25, 0.3) is 6.04 Å². The van der Waals surface area contributed by atoms with Gasteiger partial charge in [0.15, 0.2) is 0 Å². The first kappa shape index (κ1) is 14.3. The minimum atomic E-state index is -1.20. The van der Waals surface area contributed by atoms with Crippen LogP contribution in [-0.4, -0.2) is 21.7 Å². The molecule has 0 aromatic heterocycles. The highest BCUT2D eigenvalue weighted by Crippen LogP contribution is 2.40. The third-order valence-electron chi connectivity index (χ3n) is 3.95. The monoisotopic (exact) mass is 278 g/mol. The molecule has 2 N–H and O–H groups in total. The van der Waals surface area contributed by atoms with Crippen molar-refractivity contribution in [3.63, 3.8) is 0 Å². The number of amides is 1. The first-order valence-electron chi connectivity index (χ1n) is 6.75. The second-order valence-corrected chi connectivity index (χ2v) is 5.25. The Morgan fingerprint density at radius 2 is 1.85 bits per heavy atom. The van der Waals surface area contributed by atoms with Crippen LogP contribution in [-0.2, 0) is 0 Å². The molecule has 20 heavy (non-hydrogen) atoms. The van der Waals surface area contributed by atoms with Gasteiger partial charge in [-0.3, -0.25) is 10.1 Å². The van der Waals surface area contributed by atoms with E-state index in [2.05, 4.69) is 5.32 Å². The predicted molar refractivity (Wildman–Crippen MR) is 73.2 cm³/mol. The maximum atomic E-state index is 11.6. The zero-order valence-electron chi connectivity index (χ0n) is 11.1. The van der Waals surface area contributed by atoms with Crippen molar-refractivity contribution >= 4 is 6.09 Å². The van der Waals surface area contributed by atoms with Crippen LogP contribution in [0.4, 0.5) is 4.79 Å². The van der Waals surface area contributed by atoms with E-state index in [1.54, 1.807) is 30.3 Å². The average molecular weight is 278 g/mol. The van der Waals surface area contributed by atoms with Gasteiger partial charge in [-0.2, -0.15) is 0 Å². The van der Waals surface area contributed by atoms with Gasteiger partial charge in [-0.25, -0.2) is 4.79 Å². The third-order valence-corrected chi connectivity index (χ3v) is 3.95. The van der Waals surface area contributed by atoms with Gasteiger partial charge in [0.2, 0.25) is 0 Å². The van der Waals surface area contributed by atoms with Crippen molar-refractivity contribution in [2.24, 2.45) is 0 Å². The summed E-state index contributed by atoms with van der Waals surface area (Å²) in [5.41, 5.74) is -0.456. The summed E-state index contributed by atoms with van der Waals surface area (Å²) in [4.78, 5) is 22.3. The van der Waals surface area contributed by atoms with Crippen LogP contribution in [0.1, 0.15) is 43.7 Å². The number of hydrogen-bond acceptors (Lipinski definition) is 3. The molecule has 1 saturated carbocycles. The van der Waals surface area contributed by atoms with Crippen LogP contribution < -0.4 is 5.32 Å². The van der Waals surface area contributed by atoms with E-state index in [9.17, 15) is 14.9 Å². The minimum absolute atomic E-state index is 0.364. The Hall–Kier alpha value is -2.11. The molecule has 2 rings (SSSR count). The van der Waals surface area contributed by atoms with E-state index < -0.39 is 17.7 Å². The summed E-state index contributed by atoms with van der Waals surface area (Å²) in [7, 11) is 0. The fourth-order valence-corrected chi connectivity index (χ4v) is 3.14. The van der Waals surface area contributed by atoms with Gasteiger partial charge in [-0.15, -0.1) is 0 Å². The molecule has 1 aliphatic carbocycles. The molecule has 1 fully saturated rings. The molecule has 0 heterocycles. The van der Waals surface area contributed by atoms with Crippen LogP contribution in [0.3, 0.4) is 0 Å². The SMILES string of the molecule is O=C(O)NC1(C(c2ccccc2)[N+](=O)[O-])CCCCC1. The predicted octanol–water partition coefficient (Wildman–Crippen LogP) is 2.97. The quantitative estimate of drug-likeness (QED) is 0.654. The number of nitrogens with zero attached hydrogens (tertiary/aromatic N) is 1. The summed E-state index contributed by atoms with van der Waals surface area (Å²) < 4.78 is 0. The van der Waals surface area contributed by atoms with E-state index in [0.29, 0.717) is 18.4 Å². The summed E-state index contributed by atoms with van der Waals surface area (Å²) in [5.74, 6) is 0. The first-order chi connectivity index (χ1) is 9.55. The van der Waals surface area contributed by atoms with E-state index in [-0.39, 0.29) is 4.92 Å². The number of nitro groups is 1. The van der Waals surface area contributed by atoms with Crippen LogP contribution in [0.2, 0.25) is 0 Å². The normalized spacial score (nSPS) is 19.0. The number of benzene rings is 1. The molecule has 6 heteroatoms. The summed E-state index contributed by atoms with van der Waals surface area (Å²) >= 11 is 0. The van der Waals surface area contributed by atoms with Crippen molar-refractivity contribution in [3.05, 3.63) is 46.0 Å². The second kappa shape index (κ2) is 5.90. The molecule has 0 spiro atoms. The Balaban J connectivity index is 2.42. The molecule has 1 amide bonds. The molecule has 1 atom stereocenters. The van der Waals surface area contributed by atoms with Crippen molar-refractivity contribution in [1.82, 2.24) is 5.32 Å². The minimum Gasteiger partial charge on any atom is -0.465 e. The van der Waals surface area contributed by atoms with Crippen LogP contribution in [0, 0.1) is 10.1 Å². The largest absolute Gasteiger partial charge is 0.465 e. The molecule has 108 valence electrons. The molecular weight excluding hydrogens is 260 g/mol. The smallest absolute Gasteiger partial charge is 0.405 e. The van der Waals surface area contributed by atoms with Gasteiger partial charge < -0.3 is 10.4 Å². The van der Waals surface area contributed by atoms with E-state index in [1.165, 1.54) is 0 Å². The van der Waals surface area contributed by atoms with Gasteiger partial charge >= 0.3 is 6.09 Å². The van der Waals surface area contributed by atoms with Crippen LogP contribution in [0.25, 0.3) is 0 Å². The highest BCUT2D eigenvalue weighted by Gasteiger charge is 2.49. The fraction of sp³-hybridized carbons (Fsp3) is 0.500. The first-order valence-corrected chi connectivity index (χ1v) is 6.75. The molecule has 0 radical (unpaired) electrons. The highest BCUT2D eigenvalue weighted by atomic mass is 16.6. The molecule has 0 bridgehead atoms. The Bertz CT molecular complexity index is 483. The number of nitrogens with one attached hydrogen (secondary N) is 1. The van der Waals surface area contributed by atoms with Gasteiger partial charge in [0.05, 0.1) is 0 Å². The number of carboxylic acid groups (broad SMARTS) is 1. The van der Waals surface area contributed by atoms with E-state index in [0.717, 1.165) is 19.3 Å². The molecule has 0 aliphatic heterocycles. The lowest BCUT2D eigenvalue weighted by atomic mass is 9.74. The summed E-state index contributed by atoms with van der Waals surface area (Å²) in [6.45, 7) is 0. The lowest BCUT2D eigenvalue weighted by Crippen LogP contribution is -2.55. The van der Waals surface area contributed by atoms with Crippen molar-refractivity contribution in [2.45, 2.75) is 43.7 Å². The topological polar surface area (TPSA) is 92.5 Å². The van der Waals surface area contributed by atoms with Crippen molar-refractivity contribution in [2.75, 3.05) is 0 Å². The number of rotatable bonds is 4. The van der Waals surface area contributed by atoms with Crippen molar-refractivity contribution in [1.29, 1.82) is 0 Å². The van der Waals surface area contributed by atoms with Gasteiger partial charge in [0.1, 0.15) is 5.54 Å². The Morgan fingerprint density at radius 3 is 2.35 bits per heavy atom.